The molecule has 0 spiro atoms. The Kier molecular flexibility index (Phi) is 4.59. The minimum Gasteiger partial charge on any atom is -0.488 e. The zero-order valence-corrected chi connectivity index (χ0v) is 11.6. The summed E-state index contributed by atoms with van der Waals surface area (Å²) in [5.41, 5.74) is 1.03. The SMILES string of the molecule is Cc1ccc(OC(CC(C)C)C2CCNC2)cn1. The molecule has 1 aromatic heterocycles. The van der Waals surface area contributed by atoms with Gasteiger partial charge in [-0.1, -0.05) is 13.8 Å². The van der Waals surface area contributed by atoms with E-state index in [0.29, 0.717) is 17.9 Å². The van der Waals surface area contributed by atoms with Gasteiger partial charge < -0.3 is 10.1 Å². The standard InChI is InChI=1S/C15H24N2O/c1-11(2)8-15(13-6-7-16-9-13)18-14-5-4-12(3)17-10-14/h4-5,10-11,13,15-16H,6-9H2,1-3H3. The molecule has 3 nitrogen and oxygen atoms in total. The molecule has 18 heavy (non-hydrogen) atoms. The minimum atomic E-state index is 0.310. The van der Waals surface area contributed by atoms with E-state index in [9.17, 15) is 0 Å². The average Bonchev–Trinajstić information content (AvgIpc) is 2.84. The van der Waals surface area contributed by atoms with Crippen molar-refractivity contribution < 1.29 is 4.74 Å². The molecule has 0 bridgehead atoms. The van der Waals surface area contributed by atoms with Crippen molar-refractivity contribution in [1.82, 2.24) is 10.3 Å². The van der Waals surface area contributed by atoms with Gasteiger partial charge in [0.1, 0.15) is 11.9 Å². The van der Waals surface area contributed by atoms with Gasteiger partial charge in [-0.15, -0.1) is 0 Å². The Morgan fingerprint density at radius 3 is 2.83 bits per heavy atom. The van der Waals surface area contributed by atoms with Crippen LogP contribution in [-0.2, 0) is 0 Å². The van der Waals surface area contributed by atoms with Crippen LogP contribution in [0.15, 0.2) is 18.3 Å². The maximum Gasteiger partial charge on any atom is 0.138 e. The summed E-state index contributed by atoms with van der Waals surface area (Å²) in [5.74, 6) is 2.20. The molecule has 0 aromatic carbocycles. The van der Waals surface area contributed by atoms with E-state index in [2.05, 4.69) is 24.1 Å². The summed E-state index contributed by atoms with van der Waals surface area (Å²) in [6.45, 7) is 8.71. The summed E-state index contributed by atoms with van der Waals surface area (Å²) in [4.78, 5) is 4.30. The Balaban J connectivity index is 2.01. The van der Waals surface area contributed by atoms with Gasteiger partial charge in [0.25, 0.3) is 0 Å². The highest BCUT2D eigenvalue weighted by molar-refractivity contribution is 5.19. The van der Waals surface area contributed by atoms with Gasteiger partial charge in [0, 0.05) is 18.2 Å². The predicted molar refractivity (Wildman–Crippen MR) is 73.8 cm³/mol. The first-order valence-electron chi connectivity index (χ1n) is 6.95. The third kappa shape index (κ3) is 3.70. The van der Waals surface area contributed by atoms with Gasteiger partial charge in [0.05, 0.1) is 6.20 Å². The van der Waals surface area contributed by atoms with Crippen LogP contribution in [0.25, 0.3) is 0 Å². The second-order valence-electron chi connectivity index (χ2n) is 5.67. The number of pyridine rings is 1. The zero-order valence-electron chi connectivity index (χ0n) is 11.6. The van der Waals surface area contributed by atoms with E-state index in [1.54, 1.807) is 0 Å². The Labute approximate surface area is 110 Å². The van der Waals surface area contributed by atoms with E-state index >= 15 is 0 Å². The zero-order chi connectivity index (χ0) is 13.0. The van der Waals surface area contributed by atoms with Gasteiger partial charge >= 0.3 is 0 Å². The normalized spacial score (nSPS) is 21.2. The molecule has 1 fully saturated rings. The number of ether oxygens (including phenoxy) is 1. The second-order valence-corrected chi connectivity index (χ2v) is 5.67. The van der Waals surface area contributed by atoms with Crippen molar-refractivity contribution in [3.05, 3.63) is 24.0 Å². The van der Waals surface area contributed by atoms with Crippen molar-refractivity contribution in [3.63, 3.8) is 0 Å². The van der Waals surface area contributed by atoms with Gasteiger partial charge in [-0.3, -0.25) is 4.98 Å². The van der Waals surface area contributed by atoms with Crippen LogP contribution in [0.1, 0.15) is 32.4 Å². The molecule has 1 aliphatic heterocycles. The van der Waals surface area contributed by atoms with Crippen LogP contribution in [0.3, 0.4) is 0 Å². The van der Waals surface area contributed by atoms with Crippen molar-refractivity contribution in [2.24, 2.45) is 11.8 Å². The maximum absolute atomic E-state index is 6.16. The number of aryl methyl sites for hydroxylation is 1. The lowest BCUT2D eigenvalue weighted by molar-refractivity contribution is 0.119. The van der Waals surface area contributed by atoms with E-state index in [4.69, 9.17) is 4.74 Å². The highest BCUT2D eigenvalue weighted by atomic mass is 16.5. The number of hydrogen-bond donors (Lipinski definition) is 1. The van der Waals surface area contributed by atoms with Crippen molar-refractivity contribution in [2.75, 3.05) is 13.1 Å². The van der Waals surface area contributed by atoms with Crippen molar-refractivity contribution >= 4 is 0 Å². The first-order chi connectivity index (χ1) is 8.65. The van der Waals surface area contributed by atoms with Gasteiger partial charge in [-0.05, 0) is 44.4 Å². The Bertz CT molecular complexity index is 355. The lowest BCUT2D eigenvalue weighted by Gasteiger charge is -2.25. The molecule has 3 heteroatoms. The molecule has 1 saturated heterocycles. The smallest absolute Gasteiger partial charge is 0.138 e. The molecule has 2 heterocycles. The van der Waals surface area contributed by atoms with E-state index in [0.717, 1.165) is 31.0 Å². The Morgan fingerprint density at radius 2 is 2.28 bits per heavy atom. The summed E-state index contributed by atoms with van der Waals surface area (Å²) in [6.07, 6.45) is 4.48. The fourth-order valence-corrected chi connectivity index (χ4v) is 2.49. The third-order valence-corrected chi connectivity index (χ3v) is 3.50. The quantitative estimate of drug-likeness (QED) is 0.870. The van der Waals surface area contributed by atoms with Crippen LogP contribution in [0.2, 0.25) is 0 Å². The molecular weight excluding hydrogens is 224 g/mol. The Hall–Kier alpha value is -1.09. The molecule has 2 unspecified atom stereocenters. The van der Waals surface area contributed by atoms with Crippen LogP contribution in [0.5, 0.6) is 5.75 Å². The fourth-order valence-electron chi connectivity index (χ4n) is 2.49. The van der Waals surface area contributed by atoms with Crippen LogP contribution in [0, 0.1) is 18.8 Å². The molecule has 100 valence electrons. The summed E-state index contributed by atoms with van der Waals surface area (Å²) in [6, 6.07) is 4.03. The molecule has 1 N–H and O–H groups in total. The van der Waals surface area contributed by atoms with Gasteiger partial charge in [0.15, 0.2) is 0 Å². The first kappa shape index (κ1) is 13.3. The second kappa shape index (κ2) is 6.19. The molecule has 1 aromatic rings. The summed E-state index contributed by atoms with van der Waals surface area (Å²) < 4.78 is 6.16. The van der Waals surface area contributed by atoms with E-state index < -0.39 is 0 Å². The van der Waals surface area contributed by atoms with Gasteiger partial charge in [0.2, 0.25) is 0 Å². The minimum absolute atomic E-state index is 0.310. The summed E-state index contributed by atoms with van der Waals surface area (Å²) in [5, 5.41) is 3.43. The van der Waals surface area contributed by atoms with Crippen LogP contribution < -0.4 is 10.1 Å². The first-order valence-corrected chi connectivity index (χ1v) is 6.95. The number of nitrogens with zero attached hydrogens (tertiary/aromatic N) is 1. The third-order valence-electron chi connectivity index (χ3n) is 3.50. The van der Waals surface area contributed by atoms with Crippen LogP contribution >= 0.6 is 0 Å². The number of rotatable bonds is 5. The highest BCUT2D eigenvalue weighted by Crippen LogP contribution is 2.24. The fraction of sp³-hybridized carbons (Fsp3) is 0.667. The molecular formula is C15H24N2O. The lowest BCUT2D eigenvalue weighted by atomic mass is 9.93. The monoisotopic (exact) mass is 248 g/mol. The van der Waals surface area contributed by atoms with E-state index in [1.165, 1.54) is 6.42 Å². The van der Waals surface area contributed by atoms with E-state index in [1.807, 2.05) is 25.3 Å². The summed E-state index contributed by atoms with van der Waals surface area (Å²) in [7, 11) is 0. The number of hydrogen-bond acceptors (Lipinski definition) is 3. The van der Waals surface area contributed by atoms with Crippen molar-refractivity contribution in [1.29, 1.82) is 0 Å². The molecule has 2 rings (SSSR count). The van der Waals surface area contributed by atoms with Crippen LogP contribution in [-0.4, -0.2) is 24.2 Å². The number of aromatic nitrogens is 1. The van der Waals surface area contributed by atoms with Crippen molar-refractivity contribution in [3.8, 4) is 5.75 Å². The topological polar surface area (TPSA) is 34.1 Å². The predicted octanol–water partition coefficient (Wildman–Crippen LogP) is 2.79. The average molecular weight is 248 g/mol. The van der Waals surface area contributed by atoms with Gasteiger partial charge in [-0.2, -0.15) is 0 Å². The lowest BCUT2D eigenvalue weighted by Crippen LogP contribution is -2.30. The highest BCUT2D eigenvalue weighted by Gasteiger charge is 2.27. The molecule has 0 radical (unpaired) electrons. The Morgan fingerprint density at radius 1 is 1.44 bits per heavy atom. The summed E-state index contributed by atoms with van der Waals surface area (Å²) >= 11 is 0. The number of nitrogens with one attached hydrogen (secondary N) is 1. The van der Waals surface area contributed by atoms with Crippen molar-refractivity contribution in [2.45, 2.75) is 39.7 Å². The molecule has 0 aliphatic carbocycles. The molecule has 2 atom stereocenters. The molecule has 0 saturated carbocycles. The maximum atomic E-state index is 6.16. The largest absolute Gasteiger partial charge is 0.488 e. The van der Waals surface area contributed by atoms with Crippen LogP contribution in [0.4, 0.5) is 0 Å². The van der Waals surface area contributed by atoms with E-state index in [-0.39, 0.29) is 0 Å². The molecule has 1 aliphatic rings. The van der Waals surface area contributed by atoms with Gasteiger partial charge in [-0.25, -0.2) is 0 Å². The molecule has 0 amide bonds.